The summed E-state index contributed by atoms with van der Waals surface area (Å²) in [6.45, 7) is 0. The van der Waals surface area contributed by atoms with Gasteiger partial charge >= 0.3 is 0 Å². The quantitative estimate of drug-likeness (QED) is 0.701. The van der Waals surface area contributed by atoms with Crippen LogP contribution in [0.2, 0.25) is 0 Å². The number of carbonyl (C=O) groups excluding carboxylic acids is 1. The van der Waals surface area contributed by atoms with E-state index in [4.69, 9.17) is 0 Å². The van der Waals surface area contributed by atoms with Gasteiger partial charge in [0.15, 0.2) is 0 Å². The van der Waals surface area contributed by atoms with E-state index >= 15 is 0 Å². The van der Waals surface area contributed by atoms with Crippen LogP contribution in [0.3, 0.4) is 0 Å². The fraction of sp³-hybridized carbons (Fsp3) is 0.235. The predicted octanol–water partition coefficient (Wildman–Crippen LogP) is 1.41. The molecule has 2 aromatic rings. The lowest BCUT2D eigenvalue weighted by atomic mass is 10.2. The third-order valence-electron chi connectivity index (χ3n) is 3.49. The maximum atomic E-state index is 12.5. The summed E-state index contributed by atoms with van der Waals surface area (Å²) in [5.74, 6) is -0.948. The SMILES string of the molecule is CS(=O)(=O)CC[C@H](NS(=O)(=O)c1ccccc1)C(=O)Nc1ccccc1. The maximum absolute atomic E-state index is 12.5. The topological polar surface area (TPSA) is 109 Å². The fourth-order valence-corrected chi connectivity index (χ4v) is 4.10. The third kappa shape index (κ3) is 6.25. The molecule has 7 nitrogen and oxygen atoms in total. The Morgan fingerprint density at radius 1 is 0.923 bits per heavy atom. The van der Waals surface area contributed by atoms with Gasteiger partial charge in [0.2, 0.25) is 15.9 Å². The summed E-state index contributed by atoms with van der Waals surface area (Å²) in [5, 5.41) is 2.59. The molecule has 0 aliphatic carbocycles. The minimum Gasteiger partial charge on any atom is -0.325 e. The average molecular weight is 396 g/mol. The molecule has 0 fully saturated rings. The van der Waals surface area contributed by atoms with Gasteiger partial charge in [-0.2, -0.15) is 4.72 Å². The zero-order valence-electron chi connectivity index (χ0n) is 14.1. The minimum absolute atomic E-state index is 0.00290. The highest BCUT2D eigenvalue weighted by atomic mass is 32.2. The number of anilines is 1. The molecule has 0 saturated heterocycles. The number of sulfonamides is 1. The van der Waals surface area contributed by atoms with Crippen molar-refractivity contribution in [2.75, 3.05) is 17.3 Å². The van der Waals surface area contributed by atoms with Gasteiger partial charge in [0.1, 0.15) is 15.9 Å². The van der Waals surface area contributed by atoms with Crippen LogP contribution < -0.4 is 10.0 Å². The summed E-state index contributed by atoms with van der Waals surface area (Å²) in [5.41, 5.74) is 0.487. The van der Waals surface area contributed by atoms with E-state index in [0.717, 1.165) is 6.26 Å². The van der Waals surface area contributed by atoms with Crippen LogP contribution in [0.4, 0.5) is 5.69 Å². The molecule has 0 saturated carbocycles. The zero-order valence-corrected chi connectivity index (χ0v) is 15.8. The molecule has 9 heteroatoms. The first-order valence-corrected chi connectivity index (χ1v) is 11.3. The summed E-state index contributed by atoms with van der Waals surface area (Å²) in [6.07, 6.45) is 0.856. The van der Waals surface area contributed by atoms with E-state index in [9.17, 15) is 21.6 Å². The molecular weight excluding hydrogens is 376 g/mol. The van der Waals surface area contributed by atoms with Crippen LogP contribution in [-0.4, -0.2) is 40.8 Å². The van der Waals surface area contributed by atoms with Crippen LogP contribution in [0.25, 0.3) is 0 Å². The van der Waals surface area contributed by atoms with Crippen molar-refractivity contribution >= 4 is 31.5 Å². The van der Waals surface area contributed by atoms with Gasteiger partial charge in [0, 0.05) is 11.9 Å². The summed E-state index contributed by atoms with van der Waals surface area (Å²) < 4.78 is 50.2. The molecule has 1 atom stereocenters. The van der Waals surface area contributed by atoms with Gasteiger partial charge in [-0.05, 0) is 30.7 Å². The van der Waals surface area contributed by atoms with Crippen molar-refractivity contribution in [3.63, 3.8) is 0 Å². The Kier molecular flexibility index (Phi) is 6.52. The molecule has 0 aliphatic heterocycles. The Morgan fingerprint density at radius 3 is 2.00 bits per heavy atom. The molecule has 2 N–H and O–H groups in total. The van der Waals surface area contributed by atoms with Crippen LogP contribution in [0.1, 0.15) is 6.42 Å². The van der Waals surface area contributed by atoms with Crippen LogP contribution >= 0.6 is 0 Å². The second-order valence-electron chi connectivity index (χ2n) is 5.76. The lowest BCUT2D eigenvalue weighted by Gasteiger charge is -2.18. The van der Waals surface area contributed by atoms with Gasteiger partial charge in [-0.15, -0.1) is 0 Å². The summed E-state index contributed by atoms with van der Waals surface area (Å²) in [4.78, 5) is 12.5. The van der Waals surface area contributed by atoms with Crippen molar-refractivity contribution < 1.29 is 21.6 Å². The number of hydrogen-bond donors (Lipinski definition) is 2. The van der Waals surface area contributed by atoms with Gasteiger partial charge < -0.3 is 5.32 Å². The van der Waals surface area contributed by atoms with Crippen molar-refractivity contribution in [2.45, 2.75) is 17.4 Å². The molecule has 0 radical (unpaired) electrons. The number of nitrogens with one attached hydrogen (secondary N) is 2. The summed E-state index contributed by atoms with van der Waals surface area (Å²) in [6, 6.07) is 14.9. The zero-order chi connectivity index (χ0) is 19.2. The molecule has 1 amide bonds. The highest BCUT2D eigenvalue weighted by molar-refractivity contribution is 7.90. The average Bonchev–Trinajstić information content (AvgIpc) is 2.59. The number of amides is 1. The van der Waals surface area contributed by atoms with E-state index in [1.807, 2.05) is 0 Å². The number of rotatable bonds is 8. The van der Waals surface area contributed by atoms with E-state index in [1.165, 1.54) is 12.1 Å². The molecule has 0 unspecified atom stereocenters. The monoisotopic (exact) mass is 396 g/mol. The van der Waals surface area contributed by atoms with E-state index < -0.39 is 31.8 Å². The fourth-order valence-electron chi connectivity index (χ4n) is 2.18. The number of carbonyl (C=O) groups is 1. The van der Waals surface area contributed by atoms with Crippen molar-refractivity contribution in [3.8, 4) is 0 Å². The van der Waals surface area contributed by atoms with E-state index in [2.05, 4.69) is 10.0 Å². The molecule has 26 heavy (non-hydrogen) atoms. The van der Waals surface area contributed by atoms with Crippen LogP contribution in [-0.2, 0) is 24.7 Å². The predicted molar refractivity (Wildman–Crippen MR) is 100.0 cm³/mol. The number of hydrogen-bond acceptors (Lipinski definition) is 5. The van der Waals surface area contributed by atoms with Gasteiger partial charge in [0.05, 0.1) is 10.6 Å². The van der Waals surface area contributed by atoms with Gasteiger partial charge in [-0.25, -0.2) is 16.8 Å². The third-order valence-corrected chi connectivity index (χ3v) is 5.95. The van der Waals surface area contributed by atoms with Gasteiger partial charge in [-0.1, -0.05) is 36.4 Å². The highest BCUT2D eigenvalue weighted by Gasteiger charge is 2.26. The lowest BCUT2D eigenvalue weighted by molar-refractivity contribution is -0.117. The molecular formula is C17H20N2O5S2. The van der Waals surface area contributed by atoms with E-state index in [-0.39, 0.29) is 17.1 Å². The molecule has 0 aromatic heterocycles. The second-order valence-corrected chi connectivity index (χ2v) is 9.73. The molecule has 2 aromatic carbocycles. The van der Waals surface area contributed by atoms with Gasteiger partial charge in [-0.3, -0.25) is 4.79 Å². The number of para-hydroxylation sites is 1. The van der Waals surface area contributed by atoms with Crippen molar-refractivity contribution in [1.82, 2.24) is 4.72 Å². The molecule has 140 valence electrons. The molecule has 0 bridgehead atoms. The maximum Gasteiger partial charge on any atom is 0.242 e. The van der Waals surface area contributed by atoms with Crippen molar-refractivity contribution in [1.29, 1.82) is 0 Å². The van der Waals surface area contributed by atoms with Gasteiger partial charge in [0.25, 0.3) is 0 Å². The summed E-state index contributed by atoms with van der Waals surface area (Å²) >= 11 is 0. The standard InChI is InChI=1S/C17H20N2O5S2/c1-25(21,22)13-12-16(17(20)18-14-8-4-2-5-9-14)19-26(23,24)15-10-6-3-7-11-15/h2-11,16,19H,12-13H2,1H3,(H,18,20)/t16-/m0/s1. The van der Waals surface area contributed by atoms with E-state index in [0.29, 0.717) is 5.69 Å². The largest absolute Gasteiger partial charge is 0.325 e. The van der Waals surface area contributed by atoms with Crippen LogP contribution in [0, 0.1) is 0 Å². The smallest absolute Gasteiger partial charge is 0.242 e. The van der Waals surface area contributed by atoms with E-state index in [1.54, 1.807) is 48.5 Å². The van der Waals surface area contributed by atoms with Crippen molar-refractivity contribution in [2.24, 2.45) is 0 Å². The Morgan fingerprint density at radius 2 is 1.46 bits per heavy atom. The molecule has 0 spiro atoms. The summed E-state index contributed by atoms with van der Waals surface area (Å²) in [7, 11) is -7.33. The second kappa shape index (κ2) is 8.43. The molecule has 0 heterocycles. The Labute approximate surface area is 153 Å². The minimum atomic E-state index is -3.97. The lowest BCUT2D eigenvalue weighted by Crippen LogP contribution is -2.44. The Balaban J connectivity index is 2.21. The molecule has 2 rings (SSSR count). The van der Waals surface area contributed by atoms with Crippen LogP contribution in [0.15, 0.2) is 65.6 Å². The first-order chi connectivity index (χ1) is 12.2. The number of sulfone groups is 1. The highest BCUT2D eigenvalue weighted by Crippen LogP contribution is 2.12. The Bertz CT molecular complexity index is 943. The number of benzene rings is 2. The normalized spacial score (nSPS) is 13.1. The molecule has 0 aliphatic rings. The first kappa shape index (κ1) is 20.1. The van der Waals surface area contributed by atoms with Crippen LogP contribution in [0.5, 0.6) is 0 Å². The first-order valence-electron chi connectivity index (χ1n) is 7.78. The Hall–Kier alpha value is -2.23. The van der Waals surface area contributed by atoms with Crippen molar-refractivity contribution in [3.05, 3.63) is 60.7 Å².